The van der Waals surface area contributed by atoms with Crippen LogP contribution in [0.3, 0.4) is 0 Å². The molecule has 0 saturated carbocycles. The first kappa shape index (κ1) is 21.7. The molecule has 0 aliphatic carbocycles. The summed E-state index contributed by atoms with van der Waals surface area (Å²) in [6.07, 6.45) is 0.0869. The molecule has 0 unspecified atom stereocenters. The van der Waals surface area contributed by atoms with Crippen LogP contribution < -0.4 is 5.32 Å². The van der Waals surface area contributed by atoms with Gasteiger partial charge < -0.3 is 5.32 Å². The van der Waals surface area contributed by atoms with Gasteiger partial charge in [-0.25, -0.2) is 0 Å². The van der Waals surface area contributed by atoms with E-state index in [4.69, 9.17) is 0 Å². The Bertz CT molecular complexity index is 950. The quantitative estimate of drug-likeness (QED) is 0.649. The van der Waals surface area contributed by atoms with Gasteiger partial charge in [-0.15, -0.1) is 0 Å². The fourth-order valence-corrected chi connectivity index (χ4v) is 3.65. The maximum absolute atomic E-state index is 12.5. The lowest BCUT2D eigenvalue weighted by molar-refractivity contribution is -0.121. The number of imide groups is 1. The second kappa shape index (κ2) is 9.67. The van der Waals surface area contributed by atoms with Gasteiger partial charge in [0.2, 0.25) is 5.91 Å². The average Bonchev–Trinajstić information content (AvgIpc) is 2.98. The van der Waals surface area contributed by atoms with Crippen molar-refractivity contribution in [2.75, 3.05) is 19.6 Å². The molecule has 6 heteroatoms. The van der Waals surface area contributed by atoms with Gasteiger partial charge in [0.1, 0.15) is 0 Å². The molecule has 30 heavy (non-hydrogen) atoms. The van der Waals surface area contributed by atoms with Crippen LogP contribution >= 0.6 is 0 Å². The number of rotatable bonds is 9. The van der Waals surface area contributed by atoms with E-state index in [-0.39, 0.29) is 30.7 Å². The van der Waals surface area contributed by atoms with Crippen molar-refractivity contribution in [1.82, 2.24) is 15.1 Å². The third kappa shape index (κ3) is 4.94. The molecule has 0 radical (unpaired) electrons. The van der Waals surface area contributed by atoms with Gasteiger partial charge in [0.25, 0.3) is 11.8 Å². The third-order valence-electron chi connectivity index (χ3n) is 5.47. The lowest BCUT2D eigenvalue weighted by Crippen LogP contribution is -2.34. The Hall–Kier alpha value is -2.99. The van der Waals surface area contributed by atoms with Crippen molar-refractivity contribution in [2.45, 2.75) is 40.3 Å². The highest BCUT2D eigenvalue weighted by molar-refractivity contribution is 6.21. The van der Waals surface area contributed by atoms with E-state index in [9.17, 15) is 14.4 Å². The molecule has 0 saturated heterocycles. The Balaban J connectivity index is 1.51. The summed E-state index contributed by atoms with van der Waals surface area (Å²) in [6, 6.07) is 13.4. The van der Waals surface area contributed by atoms with E-state index < -0.39 is 0 Å². The van der Waals surface area contributed by atoms with Gasteiger partial charge in [0.15, 0.2) is 0 Å². The zero-order valence-corrected chi connectivity index (χ0v) is 17.9. The van der Waals surface area contributed by atoms with Gasteiger partial charge >= 0.3 is 0 Å². The zero-order chi connectivity index (χ0) is 21.7. The highest BCUT2D eigenvalue weighted by Crippen LogP contribution is 2.23. The number of hydrogen-bond donors (Lipinski definition) is 1. The van der Waals surface area contributed by atoms with E-state index >= 15 is 0 Å². The molecule has 2 aromatic carbocycles. The molecule has 3 amide bonds. The molecule has 2 aromatic rings. The number of nitrogens with one attached hydrogen (secondary N) is 1. The maximum Gasteiger partial charge on any atom is 0.261 e. The molecule has 1 aliphatic rings. The summed E-state index contributed by atoms with van der Waals surface area (Å²) in [5.41, 5.74) is 4.01. The standard InChI is InChI=1S/C24H29N3O3/c1-4-26(5-2)16-19-8-6-7-18(14-19)15-25-22(28)11-12-27-23(29)20-10-9-17(3)13-21(20)24(27)30/h6-10,13-14H,4-5,11-12,15-16H2,1-3H3,(H,25,28). The van der Waals surface area contributed by atoms with E-state index in [1.165, 1.54) is 5.56 Å². The van der Waals surface area contributed by atoms with Crippen molar-refractivity contribution >= 4 is 17.7 Å². The Labute approximate surface area is 177 Å². The number of fused-ring (bicyclic) bond motifs is 1. The molecule has 1 heterocycles. The van der Waals surface area contributed by atoms with E-state index in [0.717, 1.165) is 35.7 Å². The summed E-state index contributed by atoms with van der Waals surface area (Å²) < 4.78 is 0. The van der Waals surface area contributed by atoms with Crippen molar-refractivity contribution < 1.29 is 14.4 Å². The predicted octanol–water partition coefficient (Wildman–Crippen LogP) is 3.14. The van der Waals surface area contributed by atoms with Crippen molar-refractivity contribution in [2.24, 2.45) is 0 Å². The summed E-state index contributed by atoms with van der Waals surface area (Å²) in [6.45, 7) is 9.54. The van der Waals surface area contributed by atoms with Crippen LogP contribution in [0.2, 0.25) is 0 Å². The maximum atomic E-state index is 12.5. The molecule has 1 aliphatic heterocycles. The number of carbonyl (C=O) groups is 3. The first-order valence-corrected chi connectivity index (χ1v) is 10.5. The van der Waals surface area contributed by atoms with Crippen LogP contribution in [-0.2, 0) is 17.9 Å². The fourth-order valence-electron chi connectivity index (χ4n) is 3.65. The molecule has 0 fully saturated rings. The van der Waals surface area contributed by atoms with Crippen molar-refractivity contribution in [1.29, 1.82) is 0 Å². The van der Waals surface area contributed by atoms with Crippen molar-refractivity contribution in [3.63, 3.8) is 0 Å². The minimum Gasteiger partial charge on any atom is -0.352 e. The number of benzene rings is 2. The first-order valence-electron chi connectivity index (χ1n) is 10.5. The minimum atomic E-state index is -0.327. The summed E-state index contributed by atoms with van der Waals surface area (Å²) in [5, 5.41) is 2.89. The predicted molar refractivity (Wildman–Crippen MR) is 116 cm³/mol. The molecule has 1 N–H and O–H groups in total. The van der Waals surface area contributed by atoms with Crippen molar-refractivity contribution in [3.05, 3.63) is 70.3 Å². The van der Waals surface area contributed by atoms with Gasteiger partial charge in [-0.3, -0.25) is 24.2 Å². The van der Waals surface area contributed by atoms with Crippen LogP contribution in [0.1, 0.15) is 57.7 Å². The van der Waals surface area contributed by atoms with Crippen LogP contribution in [0, 0.1) is 6.92 Å². The average molecular weight is 408 g/mol. The summed E-state index contributed by atoms with van der Waals surface area (Å²) in [7, 11) is 0. The van der Waals surface area contributed by atoms with Gasteiger partial charge in [-0.05, 0) is 43.3 Å². The number of nitrogens with zero attached hydrogens (tertiary/aromatic N) is 2. The number of carbonyl (C=O) groups excluding carboxylic acids is 3. The smallest absolute Gasteiger partial charge is 0.261 e. The molecular weight excluding hydrogens is 378 g/mol. The van der Waals surface area contributed by atoms with Gasteiger partial charge in [0, 0.05) is 26.1 Å². The molecule has 0 spiro atoms. The molecular formula is C24H29N3O3. The molecule has 0 atom stereocenters. The van der Waals surface area contributed by atoms with E-state index in [2.05, 4.69) is 36.2 Å². The molecule has 158 valence electrons. The Morgan fingerprint density at radius 2 is 1.67 bits per heavy atom. The normalized spacial score (nSPS) is 13.1. The molecule has 3 rings (SSSR count). The second-order valence-corrected chi connectivity index (χ2v) is 7.62. The monoisotopic (exact) mass is 407 g/mol. The molecule has 0 aromatic heterocycles. The van der Waals surface area contributed by atoms with Gasteiger partial charge in [0.05, 0.1) is 11.1 Å². The molecule has 6 nitrogen and oxygen atoms in total. The van der Waals surface area contributed by atoms with Crippen LogP contribution in [0.4, 0.5) is 0 Å². The Morgan fingerprint density at radius 1 is 0.967 bits per heavy atom. The first-order chi connectivity index (χ1) is 14.4. The lowest BCUT2D eigenvalue weighted by Gasteiger charge is -2.18. The summed E-state index contributed by atoms with van der Waals surface area (Å²) in [5.74, 6) is -0.834. The largest absolute Gasteiger partial charge is 0.352 e. The summed E-state index contributed by atoms with van der Waals surface area (Å²) in [4.78, 5) is 40.7. The van der Waals surface area contributed by atoms with Crippen LogP contribution in [0.25, 0.3) is 0 Å². The van der Waals surface area contributed by atoms with Gasteiger partial charge in [-0.1, -0.05) is 49.7 Å². The molecule has 0 bridgehead atoms. The number of hydrogen-bond acceptors (Lipinski definition) is 4. The highest BCUT2D eigenvalue weighted by Gasteiger charge is 2.35. The Morgan fingerprint density at radius 3 is 2.40 bits per heavy atom. The van der Waals surface area contributed by atoms with E-state index in [1.807, 2.05) is 25.1 Å². The summed E-state index contributed by atoms with van der Waals surface area (Å²) >= 11 is 0. The van der Waals surface area contributed by atoms with E-state index in [1.54, 1.807) is 12.1 Å². The highest BCUT2D eigenvalue weighted by atomic mass is 16.2. The zero-order valence-electron chi connectivity index (χ0n) is 17.9. The van der Waals surface area contributed by atoms with Crippen LogP contribution in [-0.4, -0.2) is 47.2 Å². The minimum absolute atomic E-state index is 0.0826. The fraction of sp³-hybridized carbons (Fsp3) is 0.375. The topological polar surface area (TPSA) is 69.7 Å². The van der Waals surface area contributed by atoms with Crippen molar-refractivity contribution in [3.8, 4) is 0 Å². The number of amides is 3. The Kier molecular flexibility index (Phi) is 7.00. The SMILES string of the molecule is CCN(CC)Cc1cccc(CNC(=O)CCN2C(=O)c3ccc(C)cc3C2=O)c1. The lowest BCUT2D eigenvalue weighted by atomic mass is 10.1. The van der Waals surface area contributed by atoms with E-state index in [0.29, 0.717) is 17.7 Å². The third-order valence-corrected chi connectivity index (χ3v) is 5.47. The number of aryl methyl sites for hydroxylation is 1. The van der Waals surface area contributed by atoms with Crippen LogP contribution in [0.15, 0.2) is 42.5 Å². The van der Waals surface area contributed by atoms with Crippen LogP contribution in [0.5, 0.6) is 0 Å². The van der Waals surface area contributed by atoms with Gasteiger partial charge in [-0.2, -0.15) is 0 Å². The second-order valence-electron chi connectivity index (χ2n) is 7.62.